The molecular formula is C21H33N5O2. The Morgan fingerprint density at radius 3 is 2.11 bits per heavy atom. The molecule has 3 heterocycles. The normalized spacial score (nSPS) is 17.1. The van der Waals surface area contributed by atoms with Crippen LogP contribution in [0.1, 0.15) is 33.1 Å². The van der Waals surface area contributed by atoms with E-state index in [1.54, 1.807) is 14.2 Å². The van der Waals surface area contributed by atoms with Crippen LogP contribution >= 0.6 is 0 Å². The van der Waals surface area contributed by atoms with Crippen molar-refractivity contribution in [1.29, 1.82) is 0 Å². The highest BCUT2D eigenvalue weighted by atomic mass is 16.5. The third kappa shape index (κ3) is 4.24. The molecule has 4 rings (SSSR count). The molecule has 2 fully saturated rings. The molecule has 2 aliphatic rings. The first-order valence-electron chi connectivity index (χ1n) is 10.4. The van der Waals surface area contributed by atoms with Gasteiger partial charge in [-0.2, -0.15) is 4.98 Å². The van der Waals surface area contributed by atoms with Crippen LogP contribution in [0.5, 0.6) is 11.5 Å². The van der Waals surface area contributed by atoms with Gasteiger partial charge in [-0.05, 0) is 25.3 Å². The summed E-state index contributed by atoms with van der Waals surface area (Å²) in [7, 11) is 3.33. The number of rotatable bonds is 4. The Hall–Kier alpha value is -2.28. The fraction of sp³-hybridized carbons (Fsp3) is 0.619. The number of fused-ring (bicyclic) bond motifs is 1. The summed E-state index contributed by atoms with van der Waals surface area (Å²) in [5.74, 6) is 3.25. The van der Waals surface area contributed by atoms with Crippen LogP contribution in [0.25, 0.3) is 10.9 Å². The first kappa shape index (κ1) is 20.5. The van der Waals surface area contributed by atoms with Gasteiger partial charge in [-0.1, -0.05) is 13.8 Å². The first-order chi connectivity index (χ1) is 13.8. The van der Waals surface area contributed by atoms with E-state index in [4.69, 9.17) is 19.4 Å². The molecule has 0 unspecified atom stereocenters. The Morgan fingerprint density at radius 1 is 0.821 bits per heavy atom. The lowest BCUT2D eigenvalue weighted by Gasteiger charge is -2.32. The molecule has 2 saturated heterocycles. The summed E-state index contributed by atoms with van der Waals surface area (Å²) in [5.41, 5.74) is 0.909. The average molecular weight is 388 g/mol. The second-order valence-electron chi connectivity index (χ2n) is 6.86. The van der Waals surface area contributed by atoms with Gasteiger partial charge in [0, 0.05) is 50.7 Å². The second kappa shape index (κ2) is 9.78. The maximum absolute atomic E-state index is 5.52. The Labute approximate surface area is 168 Å². The lowest BCUT2D eigenvalue weighted by molar-refractivity contribution is 0.356. The molecular weight excluding hydrogens is 354 g/mol. The molecule has 1 aromatic carbocycles. The number of ether oxygens (including phenoxy) is 2. The smallest absolute Gasteiger partial charge is 0.227 e. The molecule has 28 heavy (non-hydrogen) atoms. The minimum absolute atomic E-state index is 0.703. The van der Waals surface area contributed by atoms with Crippen LogP contribution in [0.4, 0.5) is 11.8 Å². The number of anilines is 2. The van der Waals surface area contributed by atoms with E-state index >= 15 is 0 Å². The van der Waals surface area contributed by atoms with Crippen molar-refractivity contribution in [3.8, 4) is 11.5 Å². The van der Waals surface area contributed by atoms with Crippen molar-refractivity contribution in [2.75, 3.05) is 63.3 Å². The summed E-state index contributed by atoms with van der Waals surface area (Å²) in [6.07, 6.45) is 3.71. The third-order valence-corrected chi connectivity index (χ3v) is 5.22. The first-order valence-corrected chi connectivity index (χ1v) is 10.4. The predicted molar refractivity (Wildman–Crippen MR) is 115 cm³/mol. The molecule has 0 atom stereocenters. The standard InChI is InChI=1S/C19H27N5O2.C2H6/c1-25-16-12-14-15(13-17(16)26-2)21-19(24-10-6-20-7-11-24)22-18(14)23-8-4-3-5-9-23;1-2/h12-13,20H,3-11H2,1-2H3;1-2H3. The molecule has 0 spiro atoms. The van der Waals surface area contributed by atoms with Gasteiger partial charge < -0.3 is 24.6 Å². The minimum atomic E-state index is 0.703. The molecule has 2 aliphatic heterocycles. The van der Waals surface area contributed by atoms with Crippen molar-refractivity contribution in [3.05, 3.63) is 12.1 Å². The van der Waals surface area contributed by atoms with Crippen molar-refractivity contribution in [3.63, 3.8) is 0 Å². The molecule has 154 valence electrons. The van der Waals surface area contributed by atoms with Gasteiger partial charge in [0.25, 0.3) is 0 Å². The number of piperazine rings is 1. The molecule has 7 heteroatoms. The third-order valence-electron chi connectivity index (χ3n) is 5.22. The summed E-state index contributed by atoms with van der Waals surface area (Å²) < 4.78 is 11.0. The van der Waals surface area contributed by atoms with Crippen LogP contribution in [-0.2, 0) is 0 Å². The van der Waals surface area contributed by atoms with Gasteiger partial charge in [-0.25, -0.2) is 4.98 Å². The summed E-state index contributed by atoms with van der Waals surface area (Å²) in [4.78, 5) is 14.5. The summed E-state index contributed by atoms with van der Waals surface area (Å²) in [6, 6.07) is 3.98. The van der Waals surface area contributed by atoms with E-state index in [2.05, 4.69) is 15.1 Å². The minimum Gasteiger partial charge on any atom is -0.493 e. The Kier molecular flexibility index (Phi) is 7.14. The van der Waals surface area contributed by atoms with E-state index in [-0.39, 0.29) is 0 Å². The maximum Gasteiger partial charge on any atom is 0.227 e. The maximum atomic E-state index is 5.52. The van der Waals surface area contributed by atoms with Gasteiger partial charge >= 0.3 is 0 Å². The number of aromatic nitrogens is 2. The Balaban J connectivity index is 0.00000109. The van der Waals surface area contributed by atoms with Gasteiger partial charge in [0.1, 0.15) is 5.82 Å². The number of methoxy groups -OCH3 is 2. The van der Waals surface area contributed by atoms with Crippen LogP contribution in [0, 0.1) is 0 Å². The van der Waals surface area contributed by atoms with E-state index < -0.39 is 0 Å². The Morgan fingerprint density at radius 2 is 1.46 bits per heavy atom. The van der Waals surface area contributed by atoms with Crippen molar-refractivity contribution >= 4 is 22.7 Å². The summed E-state index contributed by atoms with van der Waals surface area (Å²) in [5, 5.41) is 4.42. The SMILES string of the molecule is CC.COc1cc2nc(N3CCNCC3)nc(N3CCCCC3)c2cc1OC. The van der Waals surface area contributed by atoms with E-state index in [0.717, 1.165) is 67.7 Å². The Bertz CT molecular complexity index is 771. The lowest BCUT2D eigenvalue weighted by Crippen LogP contribution is -2.44. The van der Waals surface area contributed by atoms with Crippen molar-refractivity contribution in [1.82, 2.24) is 15.3 Å². The molecule has 0 amide bonds. The topological polar surface area (TPSA) is 62.8 Å². The van der Waals surface area contributed by atoms with E-state index in [1.165, 1.54) is 19.3 Å². The van der Waals surface area contributed by atoms with Gasteiger partial charge in [0.05, 0.1) is 19.7 Å². The number of benzene rings is 1. The largest absolute Gasteiger partial charge is 0.493 e. The number of hydrogen-bond donors (Lipinski definition) is 1. The van der Waals surface area contributed by atoms with E-state index in [1.807, 2.05) is 26.0 Å². The van der Waals surface area contributed by atoms with Gasteiger partial charge in [0.15, 0.2) is 11.5 Å². The quantitative estimate of drug-likeness (QED) is 0.865. The zero-order chi connectivity index (χ0) is 19.9. The zero-order valence-electron chi connectivity index (χ0n) is 17.6. The molecule has 0 radical (unpaired) electrons. The van der Waals surface area contributed by atoms with Crippen molar-refractivity contribution in [2.45, 2.75) is 33.1 Å². The number of hydrogen-bond acceptors (Lipinski definition) is 7. The van der Waals surface area contributed by atoms with Crippen LogP contribution in [0.2, 0.25) is 0 Å². The molecule has 2 aromatic rings. The predicted octanol–water partition coefficient (Wildman–Crippen LogP) is 3.07. The number of piperidine rings is 1. The fourth-order valence-corrected chi connectivity index (χ4v) is 3.78. The molecule has 0 saturated carbocycles. The molecule has 7 nitrogen and oxygen atoms in total. The zero-order valence-corrected chi connectivity index (χ0v) is 17.6. The number of nitrogens with one attached hydrogen (secondary N) is 1. The van der Waals surface area contributed by atoms with Crippen LogP contribution in [0.15, 0.2) is 12.1 Å². The number of nitrogens with zero attached hydrogens (tertiary/aromatic N) is 4. The van der Waals surface area contributed by atoms with Crippen molar-refractivity contribution in [2.24, 2.45) is 0 Å². The van der Waals surface area contributed by atoms with E-state index in [9.17, 15) is 0 Å². The van der Waals surface area contributed by atoms with Crippen LogP contribution in [-0.4, -0.2) is 63.5 Å². The van der Waals surface area contributed by atoms with Crippen LogP contribution in [0.3, 0.4) is 0 Å². The van der Waals surface area contributed by atoms with Crippen LogP contribution < -0.4 is 24.6 Å². The molecule has 1 N–H and O–H groups in total. The average Bonchev–Trinajstić information content (AvgIpc) is 2.79. The molecule has 0 aliphatic carbocycles. The molecule has 0 bridgehead atoms. The highest BCUT2D eigenvalue weighted by Crippen LogP contribution is 2.36. The van der Waals surface area contributed by atoms with Gasteiger partial charge in [-0.15, -0.1) is 0 Å². The highest BCUT2D eigenvalue weighted by Gasteiger charge is 2.22. The van der Waals surface area contributed by atoms with Crippen molar-refractivity contribution < 1.29 is 9.47 Å². The summed E-state index contributed by atoms with van der Waals surface area (Å²) >= 11 is 0. The second-order valence-corrected chi connectivity index (χ2v) is 6.86. The van der Waals surface area contributed by atoms with Gasteiger partial charge in [0.2, 0.25) is 5.95 Å². The monoisotopic (exact) mass is 387 g/mol. The summed E-state index contributed by atoms with van der Waals surface area (Å²) in [6.45, 7) is 9.87. The van der Waals surface area contributed by atoms with Gasteiger partial charge in [-0.3, -0.25) is 0 Å². The van der Waals surface area contributed by atoms with E-state index in [0.29, 0.717) is 5.75 Å². The fourth-order valence-electron chi connectivity index (χ4n) is 3.78. The molecule has 1 aromatic heterocycles. The highest BCUT2D eigenvalue weighted by molar-refractivity contribution is 5.93. The lowest BCUT2D eigenvalue weighted by atomic mass is 10.1.